The van der Waals surface area contributed by atoms with Gasteiger partial charge in [-0.05, 0) is 66.5 Å². The number of nitrogens with zero attached hydrogens (tertiary/aromatic N) is 4. The summed E-state index contributed by atoms with van der Waals surface area (Å²) in [5, 5.41) is 4.44. The normalized spacial score (nSPS) is 19.4. The second kappa shape index (κ2) is 7.59. The van der Waals surface area contributed by atoms with Gasteiger partial charge in [-0.15, -0.1) is 0 Å². The van der Waals surface area contributed by atoms with Crippen molar-refractivity contribution in [2.45, 2.75) is 31.5 Å². The van der Waals surface area contributed by atoms with Crippen LogP contribution in [0, 0.1) is 0 Å². The first-order valence-electron chi connectivity index (χ1n) is 10.3. The predicted molar refractivity (Wildman–Crippen MR) is 117 cm³/mol. The average Bonchev–Trinajstić information content (AvgIpc) is 3.43. The maximum absolute atomic E-state index is 5.32. The fourth-order valence-corrected chi connectivity index (χ4v) is 5.59. The third-order valence-corrected chi connectivity index (χ3v) is 7.45. The van der Waals surface area contributed by atoms with E-state index in [1.54, 1.807) is 18.4 Å². The predicted octanol–water partition coefficient (Wildman–Crippen LogP) is 4.06. The maximum atomic E-state index is 5.32. The number of ether oxygens (including phenoxy) is 1. The molecule has 5 rings (SSSR count). The number of thiophene rings is 1. The first-order valence-corrected chi connectivity index (χ1v) is 11.3. The number of hydrogen-bond donors (Lipinski definition) is 0. The summed E-state index contributed by atoms with van der Waals surface area (Å²) < 4.78 is 7.77. The molecule has 0 N–H and O–H groups in total. The van der Waals surface area contributed by atoms with Gasteiger partial charge in [0, 0.05) is 38.3 Å². The summed E-state index contributed by atoms with van der Waals surface area (Å²) in [5.41, 5.74) is 3.91. The number of likely N-dealkylation sites (tertiary alicyclic amines) is 1. The maximum Gasteiger partial charge on any atom is 0.129 e. The number of methoxy groups -OCH3 is 1. The van der Waals surface area contributed by atoms with Crippen molar-refractivity contribution in [3.8, 4) is 17.0 Å². The molecule has 0 radical (unpaired) electrons. The summed E-state index contributed by atoms with van der Waals surface area (Å²) in [7, 11) is 3.99. The number of piperidine rings is 1. The number of likely N-dealkylation sites (N-methyl/N-ethyl adjacent to an activating group) is 1. The fraction of sp³-hybridized carbons (Fsp3) is 0.435. The van der Waals surface area contributed by atoms with E-state index in [4.69, 9.17) is 9.72 Å². The van der Waals surface area contributed by atoms with Gasteiger partial charge in [0.05, 0.1) is 24.5 Å². The van der Waals surface area contributed by atoms with Crippen LogP contribution < -0.4 is 4.74 Å². The molecule has 29 heavy (non-hydrogen) atoms. The second-order valence-electron chi connectivity index (χ2n) is 8.21. The van der Waals surface area contributed by atoms with Crippen LogP contribution in [0.5, 0.6) is 5.75 Å². The van der Waals surface area contributed by atoms with Crippen LogP contribution in [0.4, 0.5) is 0 Å². The zero-order valence-corrected chi connectivity index (χ0v) is 18.0. The largest absolute Gasteiger partial charge is 0.497 e. The van der Waals surface area contributed by atoms with Crippen LogP contribution in [0.1, 0.15) is 24.2 Å². The van der Waals surface area contributed by atoms with Crippen LogP contribution in [-0.2, 0) is 18.6 Å². The topological polar surface area (TPSA) is 33.5 Å². The van der Waals surface area contributed by atoms with Gasteiger partial charge >= 0.3 is 0 Å². The summed E-state index contributed by atoms with van der Waals surface area (Å²) in [6, 6.07) is 10.6. The summed E-state index contributed by atoms with van der Waals surface area (Å²) in [5.74, 6) is 2.13. The molecule has 3 aromatic rings. The molecule has 4 heterocycles. The molecule has 1 aromatic carbocycles. The highest BCUT2D eigenvalue weighted by Crippen LogP contribution is 2.41. The van der Waals surface area contributed by atoms with E-state index in [0.29, 0.717) is 0 Å². The summed E-state index contributed by atoms with van der Waals surface area (Å²) in [4.78, 5) is 10.1. The second-order valence-corrected chi connectivity index (χ2v) is 8.99. The number of fused-ring (bicyclic) bond motifs is 2. The van der Waals surface area contributed by atoms with E-state index in [1.165, 1.54) is 22.6 Å². The van der Waals surface area contributed by atoms with Crippen molar-refractivity contribution < 1.29 is 4.74 Å². The molecule has 152 valence electrons. The van der Waals surface area contributed by atoms with Gasteiger partial charge in [-0.1, -0.05) is 0 Å². The molecule has 0 bridgehead atoms. The molecule has 0 unspecified atom stereocenters. The third-order valence-electron chi connectivity index (χ3n) is 6.72. The Bertz CT molecular complexity index is 955. The van der Waals surface area contributed by atoms with Crippen molar-refractivity contribution in [1.82, 2.24) is 19.4 Å². The number of aromatic nitrogens is 2. The standard InChI is InChI=1S/C23H28N4OS/c1-25-12-13-27-21(19-3-5-20(28-2)6-4-19)15-24-22(27)23(25)8-10-26(11-9-23)16-18-7-14-29-17-18/h3-7,14-15,17H,8-13,16H2,1-2H3. The molecule has 5 nitrogen and oxygen atoms in total. The minimum absolute atomic E-state index is 0.0497. The molecule has 0 atom stereocenters. The highest BCUT2D eigenvalue weighted by atomic mass is 32.1. The van der Waals surface area contributed by atoms with E-state index in [1.807, 2.05) is 12.1 Å². The molecular weight excluding hydrogens is 380 g/mol. The highest BCUT2D eigenvalue weighted by Gasteiger charge is 2.45. The number of hydrogen-bond acceptors (Lipinski definition) is 5. The molecule has 0 saturated carbocycles. The summed E-state index contributed by atoms with van der Waals surface area (Å²) in [6.07, 6.45) is 4.33. The molecule has 1 spiro atoms. The van der Waals surface area contributed by atoms with E-state index in [2.05, 4.69) is 56.6 Å². The molecule has 0 aliphatic carbocycles. The number of benzene rings is 1. The Balaban J connectivity index is 1.41. The van der Waals surface area contributed by atoms with E-state index >= 15 is 0 Å². The zero-order valence-electron chi connectivity index (χ0n) is 17.2. The van der Waals surface area contributed by atoms with Gasteiger partial charge < -0.3 is 9.30 Å². The van der Waals surface area contributed by atoms with Crippen LogP contribution in [0.25, 0.3) is 11.3 Å². The van der Waals surface area contributed by atoms with Crippen LogP contribution in [0.15, 0.2) is 47.3 Å². The van der Waals surface area contributed by atoms with Crippen LogP contribution in [-0.4, -0.2) is 53.1 Å². The molecule has 2 aliphatic heterocycles. The average molecular weight is 409 g/mol. The fourth-order valence-electron chi connectivity index (χ4n) is 4.93. The van der Waals surface area contributed by atoms with Gasteiger partial charge in [0.2, 0.25) is 0 Å². The summed E-state index contributed by atoms with van der Waals surface area (Å²) >= 11 is 1.79. The third kappa shape index (κ3) is 3.29. The van der Waals surface area contributed by atoms with Crippen LogP contribution >= 0.6 is 11.3 Å². The highest BCUT2D eigenvalue weighted by molar-refractivity contribution is 7.07. The van der Waals surface area contributed by atoms with Gasteiger partial charge in [-0.3, -0.25) is 9.80 Å². The molecule has 2 aromatic heterocycles. The molecule has 2 aliphatic rings. The van der Waals surface area contributed by atoms with Gasteiger partial charge in [-0.25, -0.2) is 4.98 Å². The van der Waals surface area contributed by atoms with Crippen molar-refractivity contribution >= 4 is 11.3 Å². The lowest BCUT2D eigenvalue weighted by Crippen LogP contribution is -2.56. The quantitative estimate of drug-likeness (QED) is 0.652. The van der Waals surface area contributed by atoms with E-state index < -0.39 is 0 Å². The van der Waals surface area contributed by atoms with Crippen molar-refractivity contribution in [3.05, 3.63) is 58.7 Å². The molecule has 1 fully saturated rings. The lowest BCUT2D eigenvalue weighted by molar-refractivity contribution is 0.00703. The monoisotopic (exact) mass is 408 g/mol. The molecule has 1 saturated heterocycles. The van der Waals surface area contributed by atoms with Crippen LogP contribution in [0.3, 0.4) is 0 Å². The Morgan fingerprint density at radius 3 is 2.55 bits per heavy atom. The Morgan fingerprint density at radius 2 is 1.86 bits per heavy atom. The van der Waals surface area contributed by atoms with Gasteiger partial charge in [0.15, 0.2) is 0 Å². The SMILES string of the molecule is COc1ccc(-c2cnc3n2CCN(C)C32CCN(Cc3ccsc3)CC2)cc1. The first kappa shape index (κ1) is 18.9. The Kier molecular flexibility index (Phi) is 4.94. The lowest BCUT2D eigenvalue weighted by Gasteiger charge is -2.49. The minimum Gasteiger partial charge on any atom is -0.497 e. The van der Waals surface area contributed by atoms with Crippen LogP contribution in [0.2, 0.25) is 0 Å². The first-order chi connectivity index (χ1) is 14.2. The van der Waals surface area contributed by atoms with Gasteiger partial charge in [0.1, 0.15) is 11.6 Å². The molecule has 6 heteroatoms. The van der Waals surface area contributed by atoms with Crippen molar-refractivity contribution in [2.75, 3.05) is 33.8 Å². The molecular formula is C23H28N4OS. The Hall–Kier alpha value is -2.15. The van der Waals surface area contributed by atoms with Gasteiger partial charge in [-0.2, -0.15) is 11.3 Å². The smallest absolute Gasteiger partial charge is 0.129 e. The lowest BCUT2D eigenvalue weighted by atomic mass is 9.83. The summed E-state index contributed by atoms with van der Waals surface area (Å²) in [6.45, 7) is 5.36. The molecule has 0 amide bonds. The van der Waals surface area contributed by atoms with E-state index in [0.717, 1.165) is 51.3 Å². The Morgan fingerprint density at radius 1 is 1.07 bits per heavy atom. The van der Waals surface area contributed by atoms with E-state index in [9.17, 15) is 0 Å². The van der Waals surface area contributed by atoms with Crippen molar-refractivity contribution in [2.24, 2.45) is 0 Å². The van der Waals surface area contributed by atoms with E-state index in [-0.39, 0.29) is 5.54 Å². The van der Waals surface area contributed by atoms with Crippen molar-refractivity contribution in [1.29, 1.82) is 0 Å². The Labute approximate surface area is 176 Å². The minimum atomic E-state index is 0.0497. The van der Waals surface area contributed by atoms with Crippen molar-refractivity contribution in [3.63, 3.8) is 0 Å². The zero-order chi connectivity index (χ0) is 19.8. The van der Waals surface area contributed by atoms with Gasteiger partial charge in [0.25, 0.3) is 0 Å². The number of imidazole rings is 1. The number of rotatable bonds is 4.